The van der Waals surface area contributed by atoms with E-state index in [1.54, 1.807) is 0 Å². The van der Waals surface area contributed by atoms with Gasteiger partial charge in [0.1, 0.15) is 12.2 Å². The van der Waals surface area contributed by atoms with Crippen molar-refractivity contribution in [2.45, 2.75) is 308 Å². The Morgan fingerprint density at radius 2 is 0.514 bits per heavy atom. The molecule has 8 atom stereocenters. The van der Waals surface area contributed by atoms with Gasteiger partial charge in [-0.25, -0.2) is 0 Å². The molecule has 0 fully saturated rings. The van der Waals surface area contributed by atoms with Gasteiger partial charge in [-0.15, -0.1) is 0 Å². The van der Waals surface area contributed by atoms with E-state index < -0.39 is 59.1 Å². The highest BCUT2D eigenvalue weighted by atomic mass is 32.2. The molecule has 0 aliphatic carbocycles. The molecule has 0 bridgehead atoms. The topological polar surface area (TPSA) is 202 Å². The van der Waals surface area contributed by atoms with Gasteiger partial charge in [0.05, 0.1) is 24.4 Å². The van der Waals surface area contributed by atoms with Crippen LogP contribution in [0, 0.1) is 0 Å². The van der Waals surface area contributed by atoms with Crippen molar-refractivity contribution in [1.82, 2.24) is 9.80 Å². The summed E-state index contributed by atoms with van der Waals surface area (Å²) in [7, 11) is 0. The molecule has 0 heterocycles. The second-order valence-corrected chi connectivity index (χ2v) is 23.6. The summed E-state index contributed by atoms with van der Waals surface area (Å²) >= 11 is 1.52. The lowest BCUT2D eigenvalue weighted by molar-refractivity contribution is -0.144. The Morgan fingerprint density at radius 1 is 0.319 bits per heavy atom. The van der Waals surface area contributed by atoms with Gasteiger partial charge in [0, 0.05) is 50.8 Å². The average Bonchev–Trinajstić information content (AvgIpc) is 3.35. The normalized spacial score (nSPS) is 15.5. The summed E-state index contributed by atoms with van der Waals surface area (Å²) in [6, 6.07) is 0. The molecular weight excluding hydrogens is 949 g/mol. The number of rotatable bonds is 55. The van der Waals surface area contributed by atoms with Crippen molar-refractivity contribution >= 4 is 33.8 Å². The zero-order chi connectivity index (χ0) is 53.5. The Kier molecular flexibility index (Phi) is 51.1. The van der Waals surface area contributed by atoms with E-state index in [9.17, 15) is 50.4 Å². The van der Waals surface area contributed by atoms with Gasteiger partial charge in [0.2, 0.25) is 10.2 Å². The molecule has 0 amide bonds. The molecule has 0 aliphatic rings. The van der Waals surface area contributed by atoms with Crippen LogP contribution in [0.25, 0.3) is 0 Å². The summed E-state index contributed by atoms with van der Waals surface area (Å²) in [5.74, 6) is 0.395. The highest BCUT2D eigenvalue weighted by Crippen LogP contribution is 2.20. The zero-order valence-electron chi connectivity index (χ0n) is 46.8. The molecular formula is C58H116N2O10S2. The van der Waals surface area contributed by atoms with Crippen molar-refractivity contribution in [2.75, 3.05) is 50.8 Å². The van der Waals surface area contributed by atoms with E-state index in [2.05, 4.69) is 27.7 Å². The maximum absolute atomic E-state index is 13.1. The van der Waals surface area contributed by atoms with Gasteiger partial charge >= 0.3 is 0 Å². The minimum absolute atomic E-state index is 0.198. The molecule has 0 aromatic carbocycles. The van der Waals surface area contributed by atoms with Crippen LogP contribution in [0.2, 0.25) is 0 Å². The van der Waals surface area contributed by atoms with Crippen LogP contribution >= 0.6 is 23.5 Å². The minimum atomic E-state index is -2.11. The Morgan fingerprint density at radius 3 is 0.722 bits per heavy atom. The standard InChI is InChI=1S/C58H116N2O10S2/c1-5-9-13-17-21-25-29-33-37-49(61)45-59(46-50(62)38-34-30-26-22-18-14-10-6-2)41-43-71-57(69)55(67)53(65)54(66)56(68)58(70)72-44-42-60(47-51(63)39-35-31-27-23-19-15-11-7-3)48-52(64)40-36-32-28-24-20-16-12-8-4/h49-56,61-68H,5-48H2,1-4H3/t49?,50?,51?,52?,53-,54-,55-,56+/m0/s1. The van der Waals surface area contributed by atoms with Gasteiger partial charge in [-0.1, -0.05) is 257 Å². The van der Waals surface area contributed by atoms with Crippen molar-refractivity contribution in [3.05, 3.63) is 0 Å². The first-order valence-corrected chi connectivity index (χ1v) is 32.0. The second-order valence-electron chi connectivity index (χ2n) is 21.4. The number of aliphatic hydroxyl groups excluding tert-OH is 8. The molecule has 0 spiro atoms. The van der Waals surface area contributed by atoms with Gasteiger partial charge in [-0.2, -0.15) is 0 Å². The number of nitrogens with zero attached hydrogens (tertiary/aromatic N) is 2. The molecule has 0 aromatic rings. The smallest absolute Gasteiger partial charge is 0.220 e. The van der Waals surface area contributed by atoms with Gasteiger partial charge in [0.25, 0.3) is 0 Å². The molecule has 0 rings (SSSR count). The molecule has 72 heavy (non-hydrogen) atoms. The molecule has 0 saturated heterocycles. The first kappa shape index (κ1) is 71.6. The van der Waals surface area contributed by atoms with Crippen molar-refractivity contribution in [3.8, 4) is 0 Å². The molecule has 0 aromatic heterocycles. The Hall–Kier alpha value is -0.360. The van der Waals surface area contributed by atoms with Gasteiger partial charge in [0.15, 0.2) is 12.2 Å². The summed E-state index contributed by atoms with van der Waals surface area (Å²) < 4.78 is 0. The number of carbonyl (C=O) groups is 2. The molecule has 4 unspecified atom stereocenters. The summed E-state index contributed by atoms with van der Waals surface area (Å²) in [4.78, 5) is 30.1. The van der Waals surface area contributed by atoms with Crippen LogP contribution in [0.4, 0.5) is 0 Å². The van der Waals surface area contributed by atoms with E-state index in [1.165, 1.54) is 128 Å². The van der Waals surface area contributed by atoms with E-state index in [1.807, 2.05) is 9.80 Å². The van der Waals surface area contributed by atoms with E-state index in [-0.39, 0.29) is 11.5 Å². The highest BCUT2D eigenvalue weighted by molar-refractivity contribution is 8.14. The fourth-order valence-electron chi connectivity index (χ4n) is 9.50. The number of thioether (sulfide) groups is 2. The largest absolute Gasteiger partial charge is 0.392 e. The average molecular weight is 1070 g/mol. The fraction of sp³-hybridized carbons (Fsp3) is 0.966. The fourth-order valence-corrected chi connectivity index (χ4v) is 11.2. The molecule has 12 nitrogen and oxygen atoms in total. The number of hydrogen-bond acceptors (Lipinski definition) is 14. The molecule has 0 radical (unpaired) electrons. The van der Waals surface area contributed by atoms with Crippen LogP contribution in [0.5, 0.6) is 0 Å². The molecule has 0 aliphatic heterocycles. The van der Waals surface area contributed by atoms with Crippen LogP contribution in [0.1, 0.15) is 259 Å². The van der Waals surface area contributed by atoms with Crippen molar-refractivity contribution < 1.29 is 50.4 Å². The monoisotopic (exact) mass is 1060 g/mol. The van der Waals surface area contributed by atoms with Crippen LogP contribution in [0.3, 0.4) is 0 Å². The van der Waals surface area contributed by atoms with E-state index in [0.717, 1.165) is 101 Å². The molecule has 430 valence electrons. The quantitative estimate of drug-likeness (QED) is 0.0267. The Bertz CT molecular complexity index is 1050. The lowest BCUT2D eigenvalue weighted by Crippen LogP contribution is -2.49. The lowest BCUT2D eigenvalue weighted by atomic mass is 10.0. The first-order chi connectivity index (χ1) is 34.8. The third kappa shape index (κ3) is 42.7. The zero-order valence-corrected chi connectivity index (χ0v) is 48.5. The highest BCUT2D eigenvalue weighted by Gasteiger charge is 2.37. The maximum Gasteiger partial charge on any atom is 0.220 e. The predicted octanol–water partition coefficient (Wildman–Crippen LogP) is 11.1. The third-order valence-corrected chi connectivity index (χ3v) is 16.0. The SMILES string of the molecule is CCCCCCCCCCC(O)CN(CCSC(=O)[C@@H](O)[C@@H](O)[C@H](O)[C@@H](O)C(=O)SCCN(CC(O)CCCCCCCCCC)CC(O)CCCCCCCCCC)CC(O)CCCCCCCCCC. The summed E-state index contributed by atoms with van der Waals surface area (Å²) in [5, 5.41) is 85.4. The molecule has 0 saturated carbocycles. The van der Waals surface area contributed by atoms with Crippen LogP contribution < -0.4 is 0 Å². The summed E-state index contributed by atoms with van der Waals surface area (Å²) in [5.41, 5.74) is 0. The van der Waals surface area contributed by atoms with E-state index in [4.69, 9.17) is 0 Å². The summed E-state index contributed by atoms with van der Waals surface area (Å²) in [6.07, 6.45) is 29.3. The maximum atomic E-state index is 13.1. The van der Waals surface area contributed by atoms with Crippen molar-refractivity contribution in [1.29, 1.82) is 0 Å². The third-order valence-electron chi connectivity index (χ3n) is 14.2. The summed E-state index contributed by atoms with van der Waals surface area (Å²) in [6.45, 7) is 10.9. The van der Waals surface area contributed by atoms with Gasteiger partial charge in [-0.05, 0) is 25.7 Å². The van der Waals surface area contributed by atoms with Gasteiger partial charge in [-0.3, -0.25) is 19.4 Å². The first-order valence-electron chi connectivity index (χ1n) is 30.0. The minimum Gasteiger partial charge on any atom is -0.392 e. The van der Waals surface area contributed by atoms with Gasteiger partial charge < -0.3 is 40.9 Å². The van der Waals surface area contributed by atoms with E-state index >= 15 is 0 Å². The van der Waals surface area contributed by atoms with Crippen molar-refractivity contribution in [2.24, 2.45) is 0 Å². The number of unbranched alkanes of at least 4 members (excludes halogenated alkanes) is 28. The Balaban J connectivity index is 5.24. The molecule has 14 heteroatoms. The number of hydrogen-bond donors (Lipinski definition) is 8. The van der Waals surface area contributed by atoms with E-state index in [0.29, 0.717) is 65.0 Å². The lowest BCUT2D eigenvalue weighted by Gasteiger charge is -2.28. The second kappa shape index (κ2) is 51.4. The predicted molar refractivity (Wildman–Crippen MR) is 305 cm³/mol. The Labute approximate surface area is 450 Å². The number of aliphatic hydroxyl groups is 8. The van der Waals surface area contributed by atoms with Crippen LogP contribution in [0.15, 0.2) is 0 Å². The molecule has 8 N–H and O–H groups in total. The van der Waals surface area contributed by atoms with Crippen LogP contribution in [-0.2, 0) is 9.59 Å². The van der Waals surface area contributed by atoms with Crippen molar-refractivity contribution in [3.63, 3.8) is 0 Å². The van der Waals surface area contributed by atoms with Crippen LogP contribution in [-0.4, -0.2) is 160 Å². The number of carbonyl (C=O) groups excluding carboxylic acids is 2.